The number of rotatable bonds is 6. The van der Waals surface area contributed by atoms with E-state index >= 15 is 0 Å². The van der Waals surface area contributed by atoms with Gasteiger partial charge >= 0.3 is 18.0 Å². The predicted molar refractivity (Wildman–Crippen MR) is 115 cm³/mol. The number of hydrogen-bond donors (Lipinski definition) is 1. The fourth-order valence-corrected chi connectivity index (χ4v) is 4.62. The number of hydrogen-bond acceptors (Lipinski definition) is 8. The average molecular weight is 464 g/mol. The van der Waals surface area contributed by atoms with Crippen molar-refractivity contribution in [2.45, 2.75) is 18.9 Å². The van der Waals surface area contributed by atoms with Crippen molar-refractivity contribution >= 4 is 29.6 Å². The molecule has 0 saturated carbocycles. The summed E-state index contributed by atoms with van der Waals surface area (Å²) in [4.78, 5) is 59.7. The Kier molecular flexibility index (Phi) is 7.88. The number of ether oxygens (including phenoxy) is 2. The van der Waals surface area contributed by atoms with Crippen LogP contribution in [0.5, 0.6) is 0 Å². The first kappa shape index (κ1) is 24.5. The number of benzene rings is 1. The summed E-state index contributed by atoms with van der Waals surface area (Å²) >= 11 is 0. The molecule has 33 heavy (non-hydrogen) atoms. The lowest BCUT2D eigenvalue weighted by Gasteiger charge is -2.45. The summed E-state index contributed by atoms with van der Waals surface area (Å²) in [6.45, 7) is 1.07. The Hall–Kier alpha value is -3.18. The molecule has 0 aromatic heterocycles. The molecular formula is C22H30N3O8+. The fraction of sp³-hybridized carbons (Fsp3) is 0.545. The van der Waals surface area contributed by atoms with Gasteiger partial charge in [-0.15, -0.1) is 0 Å². The van der Waals surface area contributed by atoms with Crippen LogP contribution in [-0.4, -0.2) is 98.2 Å². The second-order valence-corrected chi connectivity index (χ2v) is 8.02. The third kappa shape index (κ3) is 5.09. The van der Waals surface area contributed by atoms with Crippen molar-refractivity contribution in [3.63, 3.8) is 0 Å². The van der Waals surface area contributed by atoms with Crippen LogP contribution < -0.4 is 4.90 Å². The third-order valence-electron chi connectivity index (χ3n) is 6.21. The molecule has 0 bridgehead atoms. The molecule has 1 aromatic carbocycles. The van der Waals surface area contributed by atoms with Crippen LogP contribution in [0.2, 0.25) is 0 Å². The maximum atomic E-state index is 13.8. The summed E-state index contributed by atoms with van der Waals surface area (Å²) in [6, 6.07) is 8.49. The highest BCUT2D eigenvalue weighted by molar-refractivity contribution is 5.89. The van der Waals surface area contributed by atoms with Crippen LogP contribution in [-0.2, 0) is 28.7 Å². The van der Waals surface area contributed by atoms with Crippen molar-refractivity contribution < 1.29 is 43.2 Å². The van der Waals surface area contributed by atoms with Crippen LogP contribution in [0.25, 0.3) is 0 Å². The monoisotopic (exact) mass is 464 g/mol. The summed E-state index contributed by atoms with van der Waals surface area (Å²) < 4.78 is 8.81. The summed E-state index contributed by atoms with van der Waals surface area (Å²) in [5.74, 6) is -3.40. The van der Waals surface area contributed by atoms with Crippen molar-refractivity contribution in [2.75, 3.05) is 58.5 Å². The molecule has 11 heteroatoms. The number of anilines is 1. The number of carbonyl (C=O) groups excluding carboxylic acids is 3. The number of nitrogens with zero attached hydrogens (tertiary/aromatic N) is 3. The zero-order chi connectivity index (χ0) is 24.0. The van der Waals surface area contributed by atoms with E-state index in [9.17, 15) is 19.2 Å². The number of hydroxylamine groups is 3. The summed E-state index contributed by atoms with van der Waals surface area (Å²) in [5.41, 5.74) is 1.04. The second-order valence-electron chi connectivity index (χ2n) is 8.02. The summed E-state index contributed by atoms with van der Waals surface area (Å²) in [7, 11) is 2.34. The van der Waals surface area contributed by atoms with E-state index in [1.807, 2.05) is 30.3 Å². The summed E-state index contributed by atoms with van der Waals surface area (Å²) in [5, 5.41) is 9.17. The van der Waals surface area contributed by atoms with E-state index < -0.39 is 47.2 Å². The standard InChI is InChI=1S/C22H29N3O8/c1-31-21(29)17-9-6-14-25(22(30)32-2,33-15-18(26)27)19(17)20(28)24-12-10-23(11-13-24)16-7-4-3-5-8-16/h3-5,7-8,17,19H,6,9-15H2,1-2H3/p+1/t17-,19-,25?/m0/s1. The SMILES string of the molecule is COC(=O)[C@H]1CCC[N+](OCC(=O)O)(C(=O)OC)[C@@H]1C(=O)N1CCN(c2ccccc2)CC1. The largest absolute Gasteiger partial charge is 0.550 e. The molecule has 3 rings (SSSR count). The highest BCUT2D eigenvalue weighted by atomic mass is 16.8. The van der Waals surface area contributed by atoms with Gasteiger partial charge in [0.25, 0.3) is 5.91 Å². The number of esters is 1. The van der Waals surface area contributed by atoms with Crippen LogP contribution in [0.1, 0.15) is 12.8 Å². The van der Waals surface area contributed by atoms with E-state index in [-0.39, 0.29) is 6.54 Å². The normalized spacial score (nSPS) is 25.3. The zero-order valence-electron chi connectivity index (χ0n) is 18.8. The number of carbonyl (C=O) groups is 4. The first-order chi connectivity index (χ1) is 15.8. The number of carboxylic acid groups (broad SMARTS) is 1. The molecular weight excluding hydrogens is 434 g/mol. The first-order valence-corrected chi connectivity index (χ1v) is 10.8. The Balaban J connectivity index is 1.89. The van der Waals surface area contributed by atoms with E-state index in [4.69, 9.17) is 19.4 Å². The summed E-state index contributed by atoms with van der Waals surface area (Å²) in [6.07, 6.45) is -0.272. The van der Waals surface area contributed by atoms with Crippen LogP contribution in [0.3, 0.4) is 0 Å². The van der Waals surface area contributed by atoms with E-state index in [2.05, 4.69) is 4.90 Å². The van der Waals surface area contributed by atoms with Gasteiger partial charge in [-0.05, 0) is 18.6 Å². The van der Waals surface area contributed by atoms with Gasteiger partial charge in [-0.1, -0.05) is 22.8 Å². The molecule has 11 nitrogen and oxygen atoms in total. The van der Waals surface area contributed by atoms with Crippen LogP contribution in [0, 0.1) is 5.92 Å². The van der Waals surface area contributed by atoms with E-state index in [0.717, 1.165) is 12.8 Å². The maximum absolute atomic E-state index is 13.8. The number of likely N-dealkylation sites (tertiary alicyclic amines) is 1. The average Bonchev–Trinajstić information content (AvgIpc) is 2.86. The number of amides is 2. The molecule has 2 amide bonds. The molecule has 1 N–H and O–H groups in total. The minimum absolute atomic E-state index is 0.00777. The Morgan fingerprint density at radius 2 is 1.70 bits per heavy atom. The fourth-order valence-electron chi connectivity index (χ4n) is 4.62. The van der Waals surface area contributed by atoms with Gasteiger partial charge in [0.1, 0.15) is 12.5 Å². The number of piperidine rings is 1. The smallest absolute Gasteiger partial charge is 0.479 e. The number of quaternary nitrogens is 1. The number of piperazine rings is 1. The molecule has 0 spiro atoms. The number of methoxy groups -OCH3 is 2. The maximum Gasteiger partial charge on any atom is 0.550 e. The molecule has 3 atom stereocenters. The van der Waals surface area contributed by atoms with Gasteiger partial charge in [-0.2, -0.15) is 9.63 Å². The van der Waals surface area contributed by atoms with E-state index in [0.29, 0.717) is 39.0 Å². The lowest BCUT2D eigenvalue weighted by Crippen LogP contribution is -2.71. The van der Waals surface area contributed by atoms with Crippen LogP contribution in [0.4, 0.5) is 10.5 Å². The lowest BCUT2D eigenvalue weighted by atomic mass is 9.87. The molecule has 2 fully saturated rings. The molecule has 2 heterocycles. The Morgan fingerprint density at radius 3 is 2.27 bits per heavy atom. The quantitative estimate of drug-likeness (QED) is 0.483. The molecule has 0 radical (unpaired) electrons. The molecule has 0 aliphatic carbocycles. The molecule has 2 saturated heterocycles. The minimum atomic E-state index is -1.31. The molecule has 1 unspecified atom stereocenters. The predicted octanol–water partition coefficient (Wildman–Crippen LogP) is 0.886. The van der Waals surface area contributed by atoms with Gasteiger partial charge < -0.3 is 24.4 Å². The Bertz CT molecular complexity index is 872. The zero-order valence-corrected chi connectivity index (χ0v) is 18.8. The highest BCUT2D eigenvalue weighted by Gasteiger charge is 2.61. The van der Waals surface area contributed by atoms with Gasteiger partial charge in [0.2, 0.25) is 12.6 Å². The Morgan fingerprint density at radius 1 is 1.03 bits per heavy atom. The molecule has 2 aliphatic rings. The van der Waals surface area contributed by atoms with Gasteiger partial charge in [0.05, 0.1) is 14.2 Å². The van der Waals surface area contributed by atoms with Gasteiger partial charge in [0, 0.05) is 38.3 Å². The minimum Gasteiger partial charge on any atom is -0.479 e. The van der Waals surface area contributed by atoms with Gasteiger partial charge in [-0.25, -0.2) is 4.79 Å². The van der Waals surface area contributed by atoms with Crippen LogP contribution >= 0.6 is 0 Å². The lowest BCUT2D eigenvalue weighted by molar-refractivity contribution is -1.06. The van der Waals surface area contributed by atoms with E-state index in [1.54, 1.807) is 4.90 Å². The Labute approximate surface area is 191 Å². The van der Waals surface area contributed by atoms with Crippen molar-refractivity contribution in [1.29, 1.82) is 0 Å². The molecule has 2 aliphatic heterocycles. The number of para-hydroxylation sites is 1. The van der Waals surface area contributed by atoms with Crippen molar-refractivity contribution in [3.05, 3.63) is 30.3 Å². The van der Waals surface area contributed by atoms with E-state index in [1.165, 1.54) is 7.11 Å². The van der Waals surface area contributed by atoms with Gasteiger partial charge in [0.15, 0.2) is 0 Å². The molecule has 1 aromatic rings. The highest BCUT2D eigenvalue weighted by Crippen LogP contribution is 2.35. The van der Waals surface area contributed by atoms with Gasteiger partial charge in [-0.3, -0.25) is 9.59 Å². The third-order valence-corrected chi connectivity index (χ3v) is 6.21. The molecule has 180 valence electrons. The first-order valence-electron chi connectivity index (χ1n) is 10.8. The van der Waals surface area contributed by atoms with Crippen LogP contribution in [0.15, 0.2) is 30.3 Å². The topological polar surface area (TPSA) is 123 Å². The van der Waals surface area contributed by atoms with Crippen molar-refractivity contribution in [1.82, 2.24) is 4.90 Å². The second kappa shape index (κ2) is 10.6. The number of carboxylic acids is 1. The number of aliphatic carboxylic acids is 1. The van der Waals surface area contributed by atoms with Crippen molar-refractivity contribution in [3.8, 4) is 0 Å². The van der Waals surface area contributed by atoms with Crippen molar-refractivity contribution in [2.24, 2.45) is 5.92 Å².